The summed E-state index contributed by atoms with van der Waals surface area (Å²) < 4.78 is 33.7. The number of hydrogen-bond acceptors (Lipinski definition) is 13. The maximum Gasteiger partial charge on any atom is 0.338 e. The molecule has 2 saturated heterocycles. The Labute approximate surface area is 177 Å². The van der Waals surface area contributed by atoms with Gasteiger partial charge < -0.3 is 44.1 Å². The number of rotatable bonds is 7. The number of benzene rings is 1. The van der Waals surface area contributed by atoms with E-state index in [1.54, 1.807) is 13.8 Å². The van der Waals surface area contributed by atoms with Crippen LogP contribution in [0.5, 0.6) is 0 Å². The second kappa shape index (κ2) is 9.20. The van der Waals surface area contributed by atoms with Gasteiger partial charge in [-0.1, -0.05) is 0 Å². The third-order valence-electron chi connectivity index (χ3n) is 4.82. The second-order valence-corrected chi connectivity index (χ2v) is 7.45. The average molecular weight is 444 g/mol. The highest BCUT2D eigenvalue weighted by atomic mass is 16.8. The standard InChI is InChI=1S/C18H24N2O11/c1-18(2)30-14-13(12(8-26-3)28-17(27-4)15(14)31-18)29-16(21)9-5-10(19(22)23)7-11(6-9)20(24)25/h5-7,12-15,17,22-23H,8H2,1-4H3/q-2. The number of nitrogens with zero attached hydrogens (tertiary/aromatic N) is 2. The summed E-state index contributed by atoms with van der Waals surface area (Å²) in [6, 6.07) is 2.86. The van der Waals surface area contributed by atoms with Crippen molar-refractivity contribution in [3.05, 3.63) is 34.2 Å². The van der Waals surface area contributed by atoms with E-state index in [1.165, 1.54) is 14.2 Å². The molecule has 2 aliphatic heterocycles. The third kappa shape index (κ3) is 5.06. The highest BCUT2D eigenvalue weighted by molar-refractivity contribution is 5.92. The van der Waals surface area contributed by atoms with Gasteiger partial charge in [0.15, 0.2) is 18.2 Å². The van der Waals surface area contributed by atoms with Crippen molar-refractivity contribution >= 4 is 17.3 Å². The molecule has 3 rings (SSSR count). The van der Waals surface area contributed by atoms with Crippen LogP contribution in [0.3, 0.4) is 0 Å². The Balaban J connectivity index is 1.90. The van der Waals surface area contributed by atoms with Gasteiger partial charge in [0.2, 0.25) is 0 Å². The molecule has 0 spiro atoms. The van der Waals surface area contributed by atoms with Crippen molar-refractivity contribution in [3.8, 4) is 0 Å². The Hall–Kier alpha value is -2.07. The van der Waals surface area contributed by atoms with E-state index in [-0.39, 0.29) is 17.4 Å². The lowest BCUT2D eigenvalue weighted by molar-refractivity contribution is -0.272. The molecule has 13 nitrogen and oxygen atoms in total. The number of methoxy groups -OCH3 is 2. The Kier molecular flexibility index (Phi) is 7.00. The van der Waals surface area contributed by atoms with Gasteiger partial charge in [0.05, 0.1) is 17.9 Å². The molecule has 1 aromatic rings. The first-order chi connectivity index (χ1) is 14.6. The number of anilines is 2. The summed E-state index contributed by atoms with van der Waals surface area (Å²) in [5.41, 5.74) is -1.21. The van der Waals surface area contributed by atoms with Crippen LogP contribution < -0.4 is 10.5 Å². The molecule has 0 radical (unpaired) electrons. The first-order valence-electron chi connectivity index (χ1n) is 9.27. The van der Waals surface area contributed by atoms with Crippen molar-refractivity contribution < 1.29 is 43.6 Å². The molecule has 31 heavy (non-hydrogen) atoms. The minimum absolute atomic E-state index is 0.0338. The molecule has 0 saturated carbocycles. The van der Waals surface area contributed by atoms with Crippen LogP contribution in [0.4, 0.5) is 11.4 Å². The zero-order valence-corrected chi connectivity index (χ0v) is 17.3. The third-order valence-corrected chi connectivity index (χ3v) is 4.82. The summed E-state index contributed by atoms with van der Waals surface area (Å²) in [5.74, 6) is -1.97. The zero-order valence-electron chi connectivity index (χ0n) is 17.3. The zero-order chi connectivity index (χ0) is 22.9. The van der Waals surface area contributed by atoms with Crippen molar-refractivity contribution in [2.24, 2.45) is 0 Å². The van der Waals surface area contributed by atoms with E-state index in [2.05, 4.69) is 0 Å². The number of fused-ring (bicyclic) bond motifs is 1. The van der Waals surface area contributed by atoms with Gasteiger partial charge in [-0.25, -0.2) is 4.79 Å². The molecular weight excluding hydrogens is 420 g/mol. The normalized spacial score (nSPS) is 29.4. The summed E-state index contributed by atoms with van der Waals surface area (Å²) in [5, 5.41) is 39.7. The lowest BCUT2D eigenvalue weighted by atomic mass is 9.99. The van der Waals surface area contributed by atoms with Crippen LogP contribution in [0.2, 0.25) is 0 Å². The maximum atomic E-state index is 12.9. The van der Waals surface area contributed by atoms with Crippen LogP contribution in [0.1, 0.15) is 24.2 Å². The van der Waals surface area contributed by atoms with Gasteiger partial charge in [-0.15, -0.1) is 5.23 Å². The second-order valence-electron chi connectivity index (χ2n) is 7.45. The van der Waals surface area contributed by atoms with Crippen LogP contribution in [0, 0.1) is 10.4 Å². The van der Waals surface area contributed by atoms with Crippen LogP contribution in [-0.2, 0) is 28.4 Å². The number of esters is 1. The van der Waals surface area contributed by atoms with E-state index in [1.807, 2.05) is 0 Å². The molecule has 2 heterocycles. The van der Waals surface area contributed by atoms with Crippen LogP contribution >= 0.6 is 0 Å². The Bertz CT molecular complexity index is 762. The lowest BCUT2D eigenvalue weighted by Gasteiger charge is -2.41. The molecule has 5 atom stereocenters. The van der Waals surface area contributed by atoms with Gasteiger partial charge in [0.25, 0.3) is 0 Å². The lowest BCUT2D eigenvalue weighted by Crippen LogP contribution is -2.59. The predicted octanol–water partition coefficient (Wildman–Crippen LogP) is 1.14. The van der Waals surface area contributed by atoms with Crippen LogP contribution in [-0.4, -0.2) is 73.7 Å². The van der Waals surface area contributed by atoms with Crippen molar-refractivity contribution in [3.63, 3.8) is 0 Å². The quantitative estimate of drug-likeness (QED) is 0.454. The molecule has 174 valence electrons. The van der Waals surface area contributed by atoms with Gasteiger partial charge in [0, 0.05) is 19.9 Å². The fraction of sp³-hybridized carbons (Fsp3) is 0.611. The molecule has 2 aliphatic rings. The van der Waals surface area contributed by atoms with Gasteiger partial charge in [-0.3, -0.25) is 10.4 Å². The molecule has 0 aliphatic carbocycles. The first kappa shape index (κ1) is 23.6. The average Bonchev–Trinajstić information content (AvgIpc) is 3.04. The molecule has 5 unspecified atom stereocenters. The number of ether oxygens (including phenoxy) is 6. The Morgan fingerprint density at radius 2 is 1.77 bits per heavy atom. The number of carbonyl (C=O) groups excluding carboxylic acids is 1. The summed E-state index contributed by atoms with van der Waals surface area (Å²) >= 11 is 0. The molecular formula is C18H24N2O11-2. The van der Waals surface area contributed by atoms with E-state index in [0.717, 1.165) is 18.2 Å². The largest absolute Gasteiger partial charge is 0.769 e. The van der Waals surface area contributed by atoms with E-state index in [9.17, 15) is 25.6 Å². The van der Waals surface area contributed by atoms with Crippen LogP contribution in [0.15, 0.2) is 18.2 Å². The summed E-state index contributed by atoms with van der Waals surface area (Å²) in [4.78, 5) is 12.9. The Morgan fingerprint density at radius 3 is 2.35 bits per heavy atom. The molecule has 2 N–H and O–H groups in total. The van der Waals surface area contributed by atoms with Crippen molar-refractivity contribution in [2.45, 2.75) is 50.3 Å². The maximum absolute atomic E-state index is 12.9. The monoisotopic (exact) mass is 444 g/mol. The fourth-order valence-corrected chi connectivity index (χ4v) is 3.58. The molecule has 13 heteroatoms. The van der Waals surface area contributed by atoms with Crippen molar-refractivity contribution in [2.75, 3.05) is 31.3 Å². The van der Waals surface area contributed by atoms with Gasteiger partial charge >= 0.3 is 5.97 Å². The van der Waals surface area contributed by atoms with Gasteiger partial charge in [-0.05, 0) is 32.0 Å². The highest BCUT2D eigenvalue weighted by Crippen LogP contribution is 2.39. The minimum Gasteiger partial charge on any atom is -0.769 e. The summed E-state index contributed by atoms with van der Waals surface area (Å²) in [6.07, 6.45) is -4.08. The number of carbonyl (C=O) groups is 1. The molecule has 0 bridgehead atoms. The van der Waals surface area contributed by atoms with E-state index in [0.29, 0.717) is 0 Å². The van der Waals surface area contributed by atoms with E-state index in [4.69, 9.17) is 28.4 Å². The highest BCUT2D eigenvalue weighted by Gasteiger charge is 2.57. The fourth-order valence-electron chi connectivity index (χ4n) is 3.58. The molecule has 0 aromatic heterocycles. The SMILES string of the molecule is COCC1OC(OC)C2OC(C)(C)OC2C1OC(=O)c1cc(N([O-])[O-])cc(N(O)O)c1. The van der Waals surface area contributed by atoms with E-state index >= 15 is 0 Å². The summed E-state index contributed by atoms with van der Waals surface area (Å²) in [7, 11) is 2.88. The van der Waals surface area contributed by atoms with Gasteiger partial charge in [0.1, 0.15) is 18.3 Å². The molecule has 2 fully saturated rings. The minimum atomic E-state index is -1.01. The smallest absolute Gasteiger partial charge is 0.338 e. The van der Waals surface area contributed by atoms with Crippen molar-refractivity contribution in [1.29, 1.82) is 0 Å². The van der Waals surface area contributed by atoms with E-state index < -0.39 is 59.1 Å². The molecule has 0 amide bonds. The predicted molar refractivity (Wildman–Crippen MR) is 102 cm³/mol. The van der Waals surface area contributed by atoms with Crippen molar-refractivity contribution in [1.82, 2.24) is 0 Å². The first-order valence-corrected chi connectivity index (χ1v) is 9.27. The van der Waals surface area contributed by atoms with Gasteiger partial charge in [-0.2, -0.15) is 0 Å². The number of hydrogen-bond donors (Lipinski definition) is 2. The molecule has 1 aromatic carbocycles. The topological polar surface area (TPSA) is 166 Å². The summed E-state index contributed by atoms with van der Waals surface area (Å²) in [6.45, 7) is 3.41. The Morgan fingerprint density at radius 1 is 1.13 bits per heavy atom. The van der Waals surface area contributed by atoms with Crippen LogP contribution in [0.25, 0.3) is 0 Å².